The van der Waals surface area contributed by atoms with Gasteiger partial charge < -0.3 is 5.11 Å². The summed E-state index contributed by atoms with van der Waals surface area (Å²) in [6.07, 6.45) is 1.86. The predicted molar refractivity (Wildman–Crippen MR) is 80.1 cm³/mol. The van der Waals surface area contributed by atoms with Crippen LogP contribution in [0.15, 0.2) is 53.6 Å². The Bertz CT molecular complexity index is 762. The topological polar surface area (TPSA) is 79.3 Å². The number of rotatable bonds is 4. The molecule has 5 nitrogen and oxygen atoms in total. The molecule has 0 spiro atoms. The molecule has 1 heterocycles. The predicted octanol–water partition coefficient (Wildman–Crippen LogP) is 1.62. The van der Waals surface area contributed by atoms with Crippen molar-refractivity contribution in [1.29, 1.82) is 0 Å². The summed E-state index contributed by atoms with van der Waals surface area (Å²) in [5.41, 5.74) is 0.576. The van der Waals surface area contributed by atoms with E-state index >= 15 is 0 Å². The molecule has 6 heteroatoms. The first kappa shape index (κ1) is 15.0. The molecule has 0 aliphatic carbocycles. The maximum absolute atomic E-state index is 12.2. The molecule has 0 fully saturated rings. The minimum atomic E-state index is -3.70. The molecular weight excluding hydrogens is 288 g/mol. The van der Waals surface area contributed by atoms with Crippen LogP contribution in [0.3, 0.4) is 0 Å². The molecule has 21 heavy (non-hydrogen) atoms. The normalized spacial score (nSPS) is 10.5. The number of pyridine rings is 1. The minimum absolute atomic E-state index is 0.0216. The largest absolute Gasteiger partial charge is 0.395 e. The molecule has 1 aromatic heterocycles. The average Bonchev–Trinajstić information content (AvgIpc) is 2.48. The monoisotopic (exact) mass is 302 g/mol. The average molecular weight is 302 g/mol. The van der Waals surface area contributed by atoms with E-state index in [0.717, 1.165) is 0 Å². The maximum Gasteiger partial charge on any atom is 0.263 e. The van der Waals surface area contributed by atoms with Crippen LogP contribution in [0.25, 0.3) is 0 Å². The zero-order chi connectivity index (χ0) is 15.1. The highest BCUT2D eigenvalue weighted by molar-refractivity contribution is 7.92. The Labute approximate surface area is 123 Å². The summed E-state index contributed by atoms with van der Waals surface area (Å²) in [4.78, 5) is 4.04. The van der Waals surface area contributed by atoms with E-state index in [4.69, 9.17) is 5.11 Å². The number of hydrogen-bond donors (Lipinski definition) is 2. The van der Waals surface area contributed by atoms with E-state index in [1.807, 2.05) is 0 Å². The second kappa shape index (κ2) is 6.88. The van der Waals surface area contributed by atoms with Crippen LogP contribution in [-0.4, -0.2) is 25.1 Å². The SMILES string of the molecule is O=S(=O)(Nc1ccccn1)c1cccc(C#CCCO)c1. The van der Waals surface area contributed by atoms with Crippen LogP contribution in [0, 0.1) is 11.8 Å². The molecule has 2 N–H and O–H groups in total. The summed E-state index contributed by atoms with van der Waals surface area (Å²) in [5, 5.41) is 8.68. The van der Waals surface area contributed by atoms with Gasteiger partial charge in [0.2, 0.25) is 0 Å². The van der Waals surface area contributed by atoms with Crippen LogP contribution >= 0.6 is 0 Å². The summed E-state index contributed by atoms with van der Waals surface area (Å²) in [7, 11) is -3.70. The van der Waals surface area contributed by atoms with Gasteiger partial charge in [-0.15, -0.1) is 0 Å². The van der Waals surface area contributed by atoms with Crippen LogP contribution in [-0.2, 0) is 10.0 Å². The summed E-state index contributed by atoms with van der Waals surface area (Å²) in [5.74, 6) is 5.81. The lowest BCUT2D eigenvalue weighted by atomic mass is 10.2. The Kier molecular flexibility index (Phi) is 4.93. The van der Waals surface area contributed by atoms with Gasteiger partial charge in [-0.3, -0.25) is 4.72 Å². The molecule has 108 valence electrons. The van der Waals surface area contributed by atoms with Gasteiger partial charge in [0.05, 0.1) is 11.5 Å². The van der Waals surface area contributed by atoms with Crippen molar-refractivity contribution < 1.29 is 13.5 Å². The van der Waals surface area contributed by atoms with E-state index in [9.17, 15) is 8.42 Å². The molecule has 0 radical (unpaired) electrons. The summed E-state index contributed by atoms with van der Waals surface area (Å²) in [6.45, 7) is -0.0216. The molecule has 0 bridgehead atoms. The number of hydrogen-bond acceptors (Lipinski definition) is 4. The van der Waals surface area contributed by atoms with Gasteiger partial charge in [-0.25, -0.2) is 13.4 Å². The van der Waals surface area contributed by atoms with E-state index in [2.05, 4.69) is 21.5 Å². The molecule has 0 aliphatic rings. The van der Waals surface area contributed by atoms with Crippen molar-refractivity contribution in [3.8, 4) is 11.8 Å². The third-order valence-corrected chi connectivity index (χ3v) is 3.87. The van der Waals surface area contributed by atoms with Crippen LogP contribution in [0.4, 0.5) is 5.82 Å². The molecular formula is C15H14N2O3S. The van der Waals surface area contributed by atoms with Gasteiger partial charge >= 0.3 is 0 Å². The van der Waals surface area contributed by atoms with Crippen molar-refractivity contribution in [2.24, 2.45) is 0 Å². The second-order valence-electron chi connectivity index (χ2n) is 4.12. The summed E-state index contributed by atoms with van der Waals surface area (Å²) < 4.78 is 26.9. The third-order valence-electron chi connectivity index (χ3n) is 2.52. The molecule has 0 aliphatic heterocycles. The van der Waals surface area contributed by atoms with Gasteiger partial charge in [-0.2, -0.15) is 0 Å². The number of nitrogens with zero attached hydrogens (tertiary/aromatic N) is 1. The Morgan fingerprint density at radius 1 is 1.19 bits per heavy atom. The van der Waals surface area contributed by atoms with E-state index in [1.165, 1.54) is 18.3 Å². The Balaban J connectivity index is 2.25. The van der Waals surface area contributed by atoms with Crippen molar-refractivity contribution in [3.05, 3.63) is 54.2 Å². The second-order valence-corrected chi connectivity index (χ2v) is 5.81. The fourth-order valence-electron chi connectivity index (χ4n) is 1.58. The van der Waals surface area contributed by atoms with E-state index in [0.29, 0.717) is 12.0 Å². The zero-order valence-corrected chi connectivity index (χ0v) is 12.0. The molecule has 0 unspecified atom stereocenters. The lowest BCUT2D eigenvalue weighted by Crippen LogP contribution is -2.13. The van der Waals surface area contributed by atoms with E-state index < -0.39 is 10.0 Å². The van der Waals surface area contributed by atoms with Gasteiger partial charge in [0.15, 0.2) is 0 Å². The van der Waals surface area contributed by atoms with Crippen molar-refractivity contribution in [1.82, 2.24) is 4.98 Å². The molecule has 2 aromatic rings. The van der Waals surface area contributed by atoms with Crippen molar-refractivity contribution in [2.45, 2.75) is 11.3 Å². The summed E-state index contributed by atoms with van der Waals surface area (Å²) >= 11 is 0. The van der Waals surface area contributed by atoms with Crippen LogP contribution < -0.4 is 4.72 Å². The Morgan fingerprint density at radius 3 is 2.76 bits per heavy atom. The fraction of sp³-hybridized carbons (Fsp3) is 0.133. The maximum atomic E-state index is 12.2. The smallest absolute Gasteiger partial charge is 0.263 e. The highest BCUT2D eigenvalue weighted by Gasteiger charge is 2.14. The molecule has 0 amide bonds. The molecule has 2 rings (SSSR count). The molecule has 0 saturated carbocycles. The standard InChI is InChI=1S/C15H14N2O3S/c18-11-4-2-6-13-7-5-8-14(12-13)21(19,20)17-15-9-1-3-10-16-15/h1,3,5,7-10,12,18H,4,11H2,(H,16,17). The van der Waals surface area contributed by atoms with Gasteiger partial charge in [-0.05, 0) is 30.3 Å². The third kappa shape index (κ3) is 4.31. The molecule has 1 aromatic carbocycles. The highest BCUT2D eigenvalue weighted by atomic mass is 32.2. The number of aliphatic hydroxyl groups is 1. The molecule has 0 saturated heterocycles. The fourth-order valence-corrected chi connectivity index (χ4v) is 2.63. The first-order valence-corrected chi connectivity index (χ1v) is 7.74. The van der Waals surface area contributed by atoms with Gasteiger partial charge in [0.1, 0.15) is 5.82 Å². The van der Waals surface area contributed by atoms with E-state index in [1.54, 1.807) is 30.3 Å². The number of anilines is 1. The van der Waals surface area contributed by atoms with Crippen molar-refractivity contribution in [3.63, 3.8) is 0 Å². The lowest BCUT2D eigenvalue weighted by molar-refractivity contribution is 0.305. The zero-order valence-electron chi connectivity index (χ0n) is 11.2. The number of aromatic nitrogens is 1. The van der Waals surface area contributed by atoms with Gasteiger partial charge in [0, 0.05) is 18.2 Å². The lowest BCUT2D eigenvalue weighted by Gasteiger charge is -2.07. The Morgan fingerprint density at radius 2 is 2.05 bits per heavy atom. The Hall–Kier alpha value is -2.36. The van der Waals surface area contributed by atoms with Gasteiger partial charge in [-0.1, -0.05) is 24.0 Å². The van der Waals surface area contributed by atoms with Crippen molar-refractivity contribution in [2.75, 3.05) is 11.3 Å². The first-order chi connectivity index (χ1) is 10.1. The summed E-state index contributed by atoms with van der Waals surface area (Å²) in [6, 6.07) is 11.3. The van der Waals surface area contributed by atoms with Crippen LogP contribution in [0.1, 0.15) is 12.0 Å². The first-order valence-electron chi connectivity index (χ1n) is 6.25. The quantitative estimate of drug-likeness (QED) is 0.841. The number of benzene rings is 1. The number of aliphatic hydroxyl groups excluding tert-OH is 1. The van der Waals surface area contributed by atoms with Crippen LogP contribution in [0.5, 0.6) is 0 Å². The van der Waals surface area contributed by atoms with E-state index in [-0.39, 0.29) is 17.3 Å². The highest BCUT2D eigenvalue weighted by Crippen LogP contribution is 2.15. The number of nitrogens with one attached hydrogen (secondary N) is 1. The minimum Gasteiger partial charge on any atom is -0.395 e. The molecule has 0 atom stereocenters. The van der Waals surface area contributed by atoms with Crippen LogP contribution in [0.2, 0.25) is 0 Å². The van der Waals surface area contributed by atoms with Crippen molar-refractivity contribution >= 4 is 15.8 Å². The number of sulfonamides is 1. The van der Waals surface area contributed by atoms with Gasteiger partial charge in [0.25, 0.3) is 10.0 Å².